The van der Waals surface area contributed by atoms with Crippen molar-refractivity contribution in [1.29, 1.82) is 0 Å². The van der Waals surface area contributed by atoms with Gasteiger partial charge in [0.05, 0.1) is 13.2 Å². The highest BCUT2D eigenvalue weighted by Crippen LogP contribution is 2.38. The number of nitrogens with zero attached hydrogens (tertiary/aromatic N) is 2. The number of halogens is 1. The normalized spacial score (nSPS) is 17.5. The van der Waals surface area contributed by atoms with Crippen LogP contribution in [0.25, 0.3) is 11.1 Å². The Morgan fingerprint density at radius 1 is 1.22 bits per heavy atom. The van der Waals surface area contributed by atoms with Gasteiger partial charge in [0.2, 0.25) is 0 Å². The van der Waals surface area contributed by atoms with Crippen molar-refractivity contribution >= 4 is 18.0 Å². The molecule has 1 N–H and O–H groups in total. The minimum absolute atomic E-state index is 0.270. The average molecular weight is 333 g/mol. The van der Waals surface area contributed by atoms with E-state index >= 15 is 0 Å². The summed E-state index contributed by atoms with van der Waals surface area (Å²) in [7, 11) is 0. The third kappa shape index (κ3) is 2.99. The zero-order valence-electron chi connectivity index (χ0n) is 12.4. The third-order valence-corrected chi connectivity index (χ3v) is 4.48. The first-order valence-electron chi connectivity index (χ1n) is 7.49. The highest BCUT2D eigenvalue weighted by atomic mass is 32.2. The summed E-state index contributed by atoms with van der Waals surface area (Å²) in [5.41, 5.74) is 2.39. The van der Waals surface area contributed by atoms with Crippen molar-refractivity contribution in [1.82, 2.24) is 9.71 Å². The second-order valence-electron chi connectivity index (χ2n) is 5.43. The fourth-order valence-corrected chi connectivity index (χ4v) is 3.35. The lowest BCUT2D eigenvalue weighted by Gasteiger charge is -2.27. The highest BCUT2D eigenvalue weighted by Gasteiger charge is 2.19. The summed E-state index contributed by atoms with van der Waals surface area (Å²) in [4.78, 5) is 6.71. The van der Waals surface area contributed by atoms with E-state index < -0.39 is 0 Å². The van der Waals surface area contributed by atoms with Crippen LogP contribution in [0, 0.1) is 5.82 Å². The van der Waals surface area contributed by atoms with E-state index in [2.05, 4.69) is 14.6 Å². The Morgan fingerprint density at radius 2 is 2.09 bits per heavy atom. The van der Waals surface area contributed by atoms with Crippen LogP contribution in [0.5, 0.6) is 5.75 Å². The van der Waals surface area contributed by atoms with Crippen LogP contribution in [-0.4, -0.2) is 31.3 Å². The monoisotopic (exact) mass is 333 g/mol. The first kappa shape index (κ1) is 14.7. The molecule has 0 radical (unpaired) electrons. The lowest BCUT2D eigenvalue weighted by atomic mass is 10.0. The van der Waals surface area contributed by atoms with Gasteiger partial charge in [0.1, 0.15) is 23.9 Å². The fraction of sp³-hybridized carbons (Fsp3) is 0.312. The second kappa shape index (κ2) is 6.35. The molecule has 0 bridgehead atoms. The highest BCUT2D eigenvalue weighted by molar-refractivity contribution is 7.93. The van der Waals surface area contributed by atoms with Gasteiger partial charge in [0.15, 0.2) is 5.75 Å². The molecule has 120 valence electrons. The molecule has 2 aliphatic rings. The standard InChI is InChI=1S/C16H16FN3O2S/c17-13-7-12-10-19-23-22-16(12)14(8-13)11-1-2-15(18-9-11)20-3-5-21-6-4-20/h1-2,7-9,19H,3-6,10H2. The fourth-order valence-electron chi connectivity index (χ4n) is 2.80. The van der Waals surface area contributed by atoms with E-state index in [9.17, 15) is 4.39 Å². The van der Waals surface area contributed by atoms with E-state index in [1.165, 1.54) is 12.1 Å². The minimum atomic E-state index is -0.270. The number of rotatable bonds is 2. The Balaban J connectivity index is 1.67. The van der Waals surface area contributed by atoms with Crippen molar-refractivity contribution in [2.75, 3.05) is 31.2 Å². The number of morpholine rings is 1. The number of pyridine rings is 1. The van der Waals surface area contributed by atoms with Crippen LogP contribution in [0.15, 0.2) is 30.5 Å². The summed E-state index contributed by atoms with van der Waals surface area (Å²) in [6.07, 6.45) is 1.77. The van der Waals surface area contributed by atoms with Gasteiger partial charge >= 0.3 is 0 Å². The molecule has 1 saturated heterocycles. The van der Waals surface area contributed by atoms with Gasteiger partial charge in [-0.2, -0.15) is 0 Å². The van der Waals surface area contributed by atoms with Gasteiger partial charge in [-0.15, -0.1) is 0 Å². The molecule has 7 heteroatoms. The van der Waals surface area contributed by atoms with Crippen LogP contribution in [0.1, 0.15) is 5.56 Å². The molecule has 1 fully saturated rings. The molecular formula is C16H16FN3O2S. The second-order valence-corrected chi connectivity index (χ2v) is 6.06. The lowest BCUT2D eigenvalue weighted by Crippen LogP contribution is -2.36. The van der Waals surface area contributed by atoms with Crippen molar-refractivity contribution in [2.45, 2.75) is 6.54 Å². The van der Waals surface area contributed by atoms with Gasteiger partial charge in [-0.05, 0) is 24.3 Å². The maximum absolute atomic E-state index is 13.9. The summed E-state index contributed by atoms with van der Waals surface area (Å²) >= 11 is 1.16. The zero-order valence-corrected chi connectivity index (χ0v) is 13.2. The summed E-state index contributed by atoms with van der Waals surface area (Å²) < 4.78 is 27.8. The molecule has 1 aromatic carbocycles. The molecule has 0 spiro atoms. The number of benzene rings is 1. The van der Waals surface area contributed by atoms with Gasteiger partial charge in [0.25, 0.3) is 0 Å². The largest absolute Gasteiger partial charge is 0.409 e. The first-order valence-corrected chi connectivity index (χ1v) is 8.23. The zero-order chi connectivity index (χ0) is 15.6. The lowest BCUT2D eigenvalue weighted by molar-refractivity contribution is 0.122. The minimum Gasteiger partial charge on any atom is -0.409 e. The quantitative estimate of drug-likeness (QED) is 0.674. The molecule has 2 aliphatic heterocycles. The summed E-state index contributed by atoms with van der Waals surface area (Å²) in [6.45, 7) is 3.70. The molecule has 4 rings (SSSR count). The van der Waals surface area contributed by atoms with Crippen molar-refractivity contribution in [2.24, 2.45) is 0 Å². The number of anilines is 1. The van der Waals surface area contributed by atoms with Gasteiger partial charge in [0, 0.05) is 42.5 Å². The predicted octanol–water partition coefficient (Wildman–Crippen LogP) is 2.77. The van der Waals surface area contributed by atoms with Crippen LogP contribution in [-0.2, 0) is 11.3 Å². The molecule has 0 saturated carbocycles. The van der Waals surface area contributed by atoms with Crippen LogP contribution >= 0.6 is 12.2 Å². The number of fused-ring (bicyclic) bond motifs is 1. The molecule has 0 aliphatic carbocycles. The van der Waals surface area contributed by atoms with E-state index in [-0.39, 0.29) is 5.82 Å². The predicted molar refractivity (Wildman–Crippen MR) is 87.7 cm³/mol. The van der Waals surface area contributed by atoms with E-state index in [0.29, 0.717) is 12.3 Å². The molecule has 0 amide bonds. The Labute approximate surface area is 138 Å². The molecule has 0 unspecified atom stereocenters. The van der Waals surface area contributed by atoms with Gasteiger partial charge in [-0.1, -0.05) is 0 Å². The van der Waals surface area contributed by atoms with Crippen molar-refractivity contribution in [3.8, 4) is 16.9 Å². The summed E-state index contributed by atoms with van der Waals surface area (Å²) in [5.74, 6) is 1.35. The van der Waals surface area contributed by atoms with E-state index in [4.69, 9.17) is 8.92 Å². The molecular weight excluding hydrogens is 317 g/mol. The Bertz CT molecular complexity index is 705. The van der Waals surface area contributed by atoms with E-state index in [0.717, 1.165) is 61.0 Å². The number of hydrogen-bond acceptors (Lipinski definition) is 6. The summed E-state index contributed by atoms with van der Waals surface area (Å²) in [6, 6.07) is 6.92. The Kier molecular flexibility index (Phi) is 4.07. The Hall–Kier alpha value is -1.83. The van der Waals surface area contributed by atoms with Crippen LogP contribution in [0.4, 0.5) is 10.2 Å². The van der Waals surface area contributed by atoms with Crippen LogP contribution in [0.2, 0.25) is 0 Å². The van der Waals surface area contributed by atoms with E-state index in [1.54, 1.807) is 6.20 Å². The molecule has 5 nitrogen and oxygen atoms in total. The SMILES string of the molecule is Fc1cc2c(c(-c3ccc(N4CCOCC4)nc3)c1)OSNC2. The first-order chi connectivity index (χ1) is 11.3. The topological polar surface area (TPSA) is 46.6 Å². The van der Waals surface area contributed by atoms with Gasteiger partial charge < -0.3 is 13.8 Å². The molecule has 0 atom stereocenters. The number of hydrogen-bond donors (Lipinski definition) is 1. The van der Waals surface area contributed by atoms with Crippen LogP contribution in [0.3, 0.4) is 0 Å². The van der Waals surface area contributed by atoms with Gasteiger partial charge in [-0.25, -0.2) is 14.1 Å². The van der Waals surface area contributed by atoms with Gasteiger partial charge in [-0.3, -0.25) is 0 Å². The molecule has 3 heterocycles. The smallest absolute Gasteiger partial charge is 0.151 e. The third-order valence-electron chi connectivity index (χ3n) is 3.97. The molecule has 1 aromatic heterocycles. The molecule has 2 aromatic rings. The number of aromatic nitrogens is 1. The van der Waals surface area contributed by atoms with Crippen molar-refractivity contribution in [3.63, 3.8) is 0 Å². The average Bonchev–Trinajstić information content (AvgIpc) is 2.62. The maximum Gasteiger partial charge on any atom is 0.151 e. The number of nitrogens with one attached hydrogen (secondary N) is 1. The van der Waals surface area contributed by atoms with E-state index in [1.807, 2.05) is 12.1 Å². The maximum atomic E-state index is 13.9. The van der Waals surface area contributed by atoms with Crippen LogP contribution < -0.4 is 13.8 Å². The number of ether oxygens (including phenoxy) is 1. The summed E-state index contributed by atoms with van der Waals surface area (Å²) in [5, 5.41) is 0. The van der Waals surface area contributed by atoms with Crippen molar-refractivity contribution < 1.29 is 13.3 Å². The van der Waals surface area contributed by atoms with Crippen molar-refractivity contribution in [3.05, 3.63) is 41.8 Å². The Morgan fingerprint density at radius 3 is 2.87 bits per heavy atom. The molecule has 23 heavy (non-hydrogen) atoms.